The van der Waals surface area contributed by atoms with Crippen LogP contribution in [0.5, 0.6) is 0 Å². The number of hydrogen-bond donors (Lipinski definition) is 0. The van der Waals surface area contributed by atoms with Crippen LogP contribution in [0, 0.1) is 22.7 Å². The van der Waals surface area contributed by atoms with Gasteiger partial charge < -0.3 is 8.85 Å². The second kappa shape index (κ2) is 16.4. The highest BCUT2D eigenvalue weighted by atomic mass is 28.4. The van der Waals surface area contributed by atoms with Crippen LogP contribution >= 0.6 is 0 Å². The molecule has 290 valence electrons. The Labute approximate surface area is 318 Å². The third-order valence-electron chi connectivity index (χ3n) is 15.1. The van der Waals surface area contributed by atoms with E-state index in [1.165, 1.54) is 80.9 Å². The lowest BCUT2D eigenvalue weighted by molar-refractivity contribution is -0.123. The summed E-state index contributed by atoms with van der Waals surface area (Å²) in [5, 5.41) is 0.312. The Balaban J connectivity index is 1.50. The van der Waals surface area contributed by atoms with Crippen LogP contribution in [0.3, 0.4) is 0 Å². The molecular weight excluding hydrogens is 657 g/mol. The minimum Gasteiger partial charge on any atom is -0.413 e. The van der Waals surface area contributed by atoms with Crippen molar-refractivity contribution >= 4 is 22.4 Å². The predicted octanol–water partition coefficient (Wildman–Crippen LogP) is 14.2. The van der Waals surface area contributed by atoms with Crippen molar-refractivity contribution in [1.82, 2.24) is 0 Å². The number of fused-ring (bicyclic) bond motifs is 1. The van der Waals surface area contributed by atoms with Crippen molar-refractivity contribution in [3.05, 3.63) is 47.1 Å². The predicted molar refractivity (Wildman–Crippen MR) is 225 cm³/mol. The number of allylic oxidation sites excluding steroid dienone is 5. The molecule has 0 spiro atoms. The molecule has 0 saturated heterocycles. The van der Waals surface area contributed by atoms with E-state index in [0.717, 1.165) is 32.1 Å². The minimum absolute atomic E-state index is 0.0119. The summed E-state index contributed by atoms with van der Waals surface area (Å²) >= 11 is 0. The number of carbonyl (C=O) groups excluding carboxylic acids is 1. The van der Waals surface area contributed by atoms with Gasteiger partial charge in [0.1, 0.15) is 5.78 Å². The number of ketones is 1. The van der Waals surface area contributed by atoms with Crippen molar-refractivity contribution in [3.63, 3.8) is 0 Å². The normalized spacial score (nSPS) is 30.6. The number of carbonyl (C=O) groups is 1. The van der Waals surface area contributed by atoms with E-state index >= 15 is 0 Å². The highest BCUT2D eigenvalue weighted by molar-refractivity contribution is 6.74. The first-order chi connectivity index (χ1) is 23.6. The largest absolute Gasteiger partial charge is 0.413 e. The Morgan fingerprint density at radius 3 is 2.14 bits per heavy atom. The van der Waals surface area contributed by atoms with Crippen molar-refractivity contribution in [3.8, 4) is 0 Å². The molecule has 5 heteroatoms. The zero-order chi connectivity index (χ0) is 38.0. The molecule has 4 saturated carbocycles. The first-order valence-electron chi connectivity index (χ1n) is 21.2. The van der Waals surface area contributed by atoms with Gasteiger partial charge in [-0.3, -0.25) is 4.79 Å². The highest BCUT2D eigenvalue weighted by Crippen LogP contribution is 2.60. The molecule has 0 aliphatic heterocycles. The van der Waals surface area contributed by atoms with Gasteiger partial charge in [0, 0.05) is 18.3 Å². The highest BCUT2D eigenvalue weighted by Gasteiger charge is 2.51. The molecule has 0 radical (unpaired) electrons. The Bertz CT molecular complexity index is 1330. The molecule has 0 aromatic carbocycles. The second-order valence-corrected chi connectivity index (χ2v) is 30.3. The van der Waals surface area contributed by atoms with Gasteiger partial charge in [0.05, 0.1) is 12.2 Å². The second-order valence-electron chi connectivity index (χ2n) is 20.8. The lowest BCUT2D eigenvalue weighted by Gasteiger charge is -2.45. The topological polar surface area (TPSA) is 35.5 Å². The van der Waals surface area contributed by atoms with Gasteiger partial charge >= 0.3 is 0 Å². The molecule has 5 atom stereocenters. The molecule has 0 bridgehead atoms. The van der Waals surface area contributed by atoms with Crippen LogP contribution in [-0.4, -0.2) is 34.6 Å². The van der Waals surface area contributed by atoms with Crippen LogP contribution in [0.4, 0.5) is 0 Å². The quantitative estimate of drug-likeness (QED) is 0.0954. The summed E-state index contributed by atoms with van der Waals surface area (Å²) in [6.07, 6.45) is 26.0. The fourth-order valence-corrected chi connectivity index (χ4v) is 11.9. The fourth-order valence-electron chi connectivity index (χ4n) is 9.25. The third-order valence-corrected chi connectivity index (χ3v) is 24.1. The Kier molecular flexibility index (Phi) is 13.7. The molecule has 4 aliphatic rings. The first-order valence-corrected chi connectivity index (χ1v) is 27.0. The maximum atomic E-state index is 13.5. The number of hydrogen-bond acceptors (Lipinski definition) is 3. The van der Waals surface area contributed by atoms with Crippen molar-refractivity contribution in [2.45, 2.75) is 214 Å². The van der Waals surface area contributed by atoms with E-state index in [1.807, 2.05) is 0 Å². The zero-order valence-corrected chi connectivity index (χ0v) is 37.8. The number of Topliss-reactive ketones (excluding diaryl/α,β-unsaturated/α-hetero) is 1. The van der Waals surface area contributed by atoms with Crippen LogP contribution in [0.25, 0.3) is 0 Å². The molecule has 0 aromatic rings. The summed E-state index contributed by atoms with van der Waals surface area (Å²) in [6, 6.07) is 0. The third kappa shape index (κ3) is 10.0. The van der Waals surface area contributed by atoms with Gasteiger partial charge in [-0.15, -0.1) is 0 Å². The average molecular weight is 737 g/mol. The van der Waals surface area contributed by atoms with E-state index < -0.39 is 16.6 Å². The van der Waals surface area contributed by atoms with Crippen LogP contribution < -0.4 is 0 Å². The molecule has 3 nitrogen and oxygen atoms in total. The Hall–Kier alpha value is -1.02. The summed E-state index contributed by atoms with van der Waals surface area (Å²) in [5.41, 5.74) is 5.90. The lowest BCUT2D eigenvalue weighted by atomic mass is 9.62. The molecule has 0 N–H and O–H groups in total. The van der Waals surface area contributed by atoms with E-state index in [4.69, 9.17) is 15.4 Å². The van der Waals surface area contributed by atoms with Gasteiger partial charge in [0.25, 0.3) is 0 Å². The van der Waals surface area contributed by atoms with E-state index in [9.17, 15) is 4.79 Å². The van der Waals surface area contributed by atoms with Crippen molar-refractivity contribution in [1.29, 1.82) is 0 Å². The molecule has 4 rings (SSSR count). The molecule has 4 aliphatic carbocycles. The summed E-state index contributed by atoms with van der Waals surface area (Å²) in [6.45, 7) is 35.4. The maximum absolute atomic E-state index is 13.5. The van der Waals surface area contributed by atoms with Gasteiger partial charge in [-0.05, 0) is 129 Å². The zero-order valence-electron chi connectivity index (χ0n) is 35.8. The van der Waals surface area contributed by atoms with Gasteiger partial charge in [0.2, 0.25) is 0 Å². The summed E-state index contributed by atoms with van der Waals surface area (Å²) in [4.78, 5) is 13.5. The molecule has 0 aromatic heterocycles. The van der Waals surface area contributed by atoms with Crippen LogP contribution in [0.2, 0.25) is 36.3 Å². The fraction of sp³-hybridized carbons (Fsp3) is 0.804. The number of unbranched alkanes of at least 4 members (excludes halogenated alkanes) is 4. The average Bonchev–Trinajstić information content (AvgIpc) is 3.72. The van der Waals surface area contributed by atoms with Crippen LogP contribution in [0.1, 0.15) is 165 Å². The summed E-state index contributed by atoms with van der Waals surface area (Å²) in [7, 11) is -3.94. The van der Waals surface area contributed by atoms with Crippen molar-refractivity contribution < 1.29 is 13.6 Å². The van der Waals surface area contributed by atoms with E-state index in [2.05, 4.69) is 107 Å². The Morgan fingerprint density at radius 1 is 0.902 bits per heavy atom. The molecule has 0 unspecified atom stereocenters. The van der Waals surface area contributed by atoms with Crippen LogP contribution in [0.15, 0.2) is 47.1 Å². The lowest BCUT2D eigenvalue weighted by Crippen LogP contribution is -2.49. The van der Waals surface area contributed by atoms with E-state index in [-0.39, 0.29) is 33.1 Å². The van der Waals surface area contributed by atoms with Gasteiger partial charge in [-0.1, -0.05) is 123 Å². The maximum Gasteiger partial charge on any atom is 0.192 e. The minimum atomic E-state index is -2.00. The molecule has 0 heterocycles. The number of rotatable bonds is 15. The first kappa shape index (κ1) is 42.7. The smallest absolute Gasteiger partial charge is 0.192 e. The monoisotopic (exact) mass is 737 g/mol. The standard InChI is InChI=1S/C46H80O3Si2/c1-15-16-17-18-19-29-46(30-31-46)42(47)27-22-34(2)39-25-26-40-36(21-20-28-45(39,40)10)23-24-37-32-38(48-50(11,12)43(4,5)6)33-41(35(37)3)49-51(13,14)44(7,8)9/h22-24,38-41H,3,15-21,25-33H2,1-2,4-14H3/t38-,39-,40+,41+,45-/m1/s1. The molecule has 51 heavy (non-hydrogen) atoms. The molecule has 4 fully saturated rings. The molecule has 0 amide bonds. The molecular formula is C46H80O3Si2. The summed E-state index contributed by atoms with van der Waals surface area (Å²) in [5.74, 6) is 1.71. The van der Waals surface area contributed by atoms with Gasteiger partial charge in [-0.2, -0.15) is 0 Å². The van der Waals surface area contributed by atoms with Gasteiger partial charge in [-0.25, -0.2) is 0 Å². The van der Waals surface area contributed by atoms with E-state index in [1.54, 1.807) is 5.57 Å². The van der Waals surface area contributed by atoms with Crippen LogP contribution in [-0.2, 0) is 13.6 Å². The Morgan fingerprint density at radius 2 is 1.53 bits per heavy atom. The summed E-state index contributed by atoms with van der Waals surface area (Å²) < 4.78 is 14.2. The van der Waals surface area contributed by atoms with Crippen molar-refractivity contribution in [2.75, 3.05) is 0 Å². The van der Waals surface area contributed by atoms with E-state index in [0.29, 0.717) is 24.0 Å². The SMILES string of the molecule is C=C1C(=CC=C2CCC[C@]3(C)[C@@H](C(C)=CCC(=O)C4(CCCCCCC)CC4)CC[C@@H]23)C[C@@H](O[Si](C)(C)C(C)(C)C)C[C@@H]1O[Si](C)(C)C(C)(C)C. The van der Waals surface area contributed by atoms with Crippen molar-refractivity contribution in [2.24, 2.45) is 22.7 Å². The van der Waals surface area contributed by atoms with Gasteiger partial charge in [0.15, 0.2) is 16.6 Å².